The topological polar surface area (TPSA) is 12.0 Å². The van der Waals surface area contributed by atoms with Crippen LogP contribution < -0.4 is 5.32 Å². The molecule has 2 heterocycles. The van der Waals surface area contributed by atoms with Crippen molar-refractivity contribution in [1.82, 2.24) is 5.32 Å². The fourth-order valence-electron chi connectivity index (χ4n) is 1.63. The second kappa shape index (κ2) is 3.35. The first kappa shape index (κ1) is 9.09. The van der Waals surface area contributed by atoms with E-state index in [-0.39, 0.29) is 6.42 Å². The fourth-order valence-corrected chi connectivity index (χ4v) is 2.49. The Bertz CT molecular complexity index is 271. The lowest BCUT2D eigenvalue weighted by atomic mass is 9.99. The molecule has 1 saturated heterocycles. The van der Waals surface area contributed by atoms with Crippen LogP contribution in [-0.4, -0.2) is 12.5 Å². The molecule has 72 valence electrons. The number of piperidine rings is 1. The van der Waals surface area contributed by atoms with E-state index in [4.69, 9.17) is 0 Å². The number of hydrogen-bond acceptors (Lipinski definition) is 2. The number of halogens is 2. The maximum atomic E-state index is 13.4. The van der Waals surface area contributed by atoms with Crippen molar-refractivity contribution in [3.8, 4) is 0 Å². The second-order valence-corrected chi connectivity index (χ2v) is 4.25. The van der Waals surface area contributed by atoms with Crippen LogP contribution in [0.25, 0.3) is 0 Å². The van der Waals surface area contributed by atoms with Crippen LogP contribution in [0, 0.1) is 0 Å². The van der Waals surface area contributed by atoms with Gasteiger partial charge in [-0.05, 0) is 24.4 Å². The fraction of sp³-hybridized carbons (Fsp3) is 0.556. The summed E-state index contributed by atoms with van der Waals surface area (Å²) >= 11 is 1.39. The molecule has 1 aliphatic rings. The molecule has 0 aromatic carbocycles. The molecule has 13 heavy (non-hydrogen) atoms. The van der Waals surface area contributed by atoms with Crippen molar-refractivity contribution >= 4 is 11.3 Å². The predicted molar refractivity (Wildman–Crippen MR) is 49.2 cm³/mol. The van der Waals surface area contributed by atoms with Crippen LogP contribution in [0.4, 0.5) is 8.78 Å². The molecule has 0 saturated carbocycles. The van der Waals surface area contributed by atoms with Gasteiger partial charge < -0.3 is 5.32 Å². The molecular formula is C9H11F2NS. The van der Waals surface area contributed by atoms with Crippen LogP contribution in [0.5, 0.6) is 0 Å². The Morgan fingerprint density at radius 2 is 2.38 bits per heavy atom. The van der Waals surface area contributed by atoms with Crippen LogP contribution in [-0.2, 0) is 0 Å². The lowest BCUT2D eigenvalue weighted by molar-refractivity contribution is -0.0609. The summed E-state index contributed by atoms with van der Waals surface area (Å²) in [6.07, 6.45) is 0.567. The van der Waals surface area contributed by atoms with Crippen LogP contribution in [0.3, 0.4) is 0 Å². The zero-order chi connectivity index (χ0) is 9.31. The van der Waals surface area contributed by atoms with Crippen molar-refractivity contribution in [3.05, 3.63) is 22.4 Å². The number of thiophene rings is 1. The monoisotopic (exact) mass is 203 g/mol. The molecule has 2 rings (SSSR count). The molecule has 1 N–H and O–H groups in total. The third-order valence-electron chi connectivity index (χ3n) is 2.29. The molecule has 1 fully saturated rings. The first-order valence-corrected chi connectivity index (χ1v) is 5.23. The van der Waals surface area contributed by atoms with E-state index in [9.17, 15) is 8.78 Å². The lowest BCUT2D eigenvalue weighted by Gasteiger charge is -2.31. The Morgan fingerprint density at radius 1 is 1.54 bits per heavy atom. The van der Waals surface area contributed by atoms with Crippen molar-refractivity contribution in [2.24, 2.45) is 0 Å². The SMILES string of the molecule is FC1(F)CCCNC1c1cccs1. The van der Waals surface area contributed by atoms with Gasteiger partial charge in [0.05, 0.1) is 0 Å². The molecule has 1 aromatic rings. The van der Waals surface area contributed by atoms with E-state index in [0.717, 1.165) is 4.88 Å². The van der Waals surface area contributed by atoms with Gasteiger partial charge in [0, 0.05) is 11.3 Å². The molecule has 0 bridgehead atoms. The van der Waals surface area contributed by atoms with Crippen LogP contribution in [0.15, 0.2) is 17.5 Å². The van der Waals surface area contributed by atoms with E-state index in [1.807, 2.05) is 11.4 Å². The average Bonchev–Trinajstić information content (AvgIpc) is 2.55. The van der Waals surface area contributed by atoms with Crippen molar-refractivity contribution in [2.45, 2.75) is 24.8 Å². The highest BCUT2D eigenvalue weighted by atomic mass is 32.1. The minimum Gasteiger partial charge on any atom is -0.304 e. The highest BCUT2D eigenvalue weighted by Gasteiger charge is 2.42. The molecule has 1 nitrogen and oxygen atoms in total. The van der Waals surface area contributed by atoms with Gasteiger partial charge in [0.25, 0.3) is 5.92 Å². The summed E-state index contributed by atoms with van der Waals surface area (Å²) < 4.78 is 26.8. The van der Waals surface area contributed by atoms with E-state index in [0.29, 0.717) is 13.0 Å². The molecule has 0 radical (unpaired) electrons. The van der Waals surface area contributed by atoms with E-state index < -0.39 is 12.0 Å². The average molecular weight is 203 g/mol. The van der Waals surface area contributed by atoms with Gasteiger partial charge in [0.15, 0.2) is 0 Å². The van der Waals surface area contributed by atoms with Gasteiger partial charge in [-0.2, -0.15) is 0 Å². The standard InChI is InChI=1S/C9H11F2NS/c10-9(11)4-2-5-12-8(9)7-3-1-6-13-7/h1,3,6,8,12H,2,4-5H2. The summed E-state index contributed by atoms with van der Waals surface area (Å²) in [6.45, 7) is 0.693. The van der Waals surface area contributed by atoms with Crippen LogP contribution in [0.1, 0.15) is 23.8 Å². The zero-order valence-electron chi connectivity index (χ0n) is 7.09. The first-order valence-electron chi connectivity index (χ1n) is 4.35. The quantitative estimate of drug-likeness (QED) is 0.740. The molecular weight excluding hydrogens is 192 g/mol. The van der Waals surface area contributed by atoms with E-state index in [1.165, 1.54) is 11.3 Å². The van der Waals surface area contributed by atoms with Gasteiger partial charge in [-0.3, -0.25) is 0 Å². The maximum absolute atomic E-state index is 13.4. The maximum Gasteiger partial charge on any atom is 0.268 e. The minimum atomic E-state index is -2.58. The van der Waals surface area contributed by atoms with Gasteiger partial charge in [0.2, 0.25) is 0 Å². The Balaban J connectivity index is 2.21. The molecule has 0 amide bonds. The number of rotatable bonds is 1. The molecule has 1 atom stereocenters. The smallest absolute Gasteiger partial charge is 0.268 e. The molecule has 1 unspecified atom stereocenters. The Kier molecular flexibility index (Phi) is 2.34. The number of alkyl halides is 2. The summed E-state index contributed by atoms with van der Waals surface area (Å²) in [5, 5.41) is 4.71. The molecule has 4 heteroatoms. The lowest BCUT2D eigenvalue weighted by Crippen LogP contribution is -2.42. The third-order valence-corrected chi connectivity index (χ3v) is 3.22. The third kappa shape index (κ3) is 1.74. The van der Waals surface area contributed by atoms with E-state index >= 15 is 0 Å². The largest absolute Gasteiger partial charge is 0.304 e. The molecule has 0 spiro atoms. The van der Waals surface area contributed by atoms with Crippen LogP contribution in [0.2, 0.25) is 0 Å². The van der Waals surface area contributed by atoms with Crippen molar-refractivity contribution in [3.63, 3.8) is 0 Å². The van der Waals surface area contributed by atoms with Gasteiger partial charge in [0.1, 0.15) is 6.04 Å². The van der Waals surface area contributed by atoms with E-state index in [2.05, 4.69) is 5.32 Å². The first-order chi connectivity index (χ1) is 6.20. The Labute approximate surface area is 79.8 Å². The van der Waals surface area contributed by atoms with Crippen molar-refractivity contribution in [1.29, 1.82) is 0 Å². The van der Waals surface area contributed by atoms with Gasteiger partial charge in [-0.25, -0.2) is 8.78 Å². The minimum absolute atomic E-state index is 0.00255. The summed E-state index contributed by atoms with van der Waals surface area (Å²) in [5.74, 6) is -2.58. The molecule has 1 aromatic heterocycles. The predicted octanol–water partition coefficient (Wildman–Crippen LogP) is 2.81. The summed E-state index contributed by atoms with van der Waals surface area (Å²) in [7, 11) is 0. The highest BCUT2D eigenvalue weighted by molar-refractivity contribution is 7.10. The Morgan fingerprint density at radius 3 is 3.00 bits per heavy atom. The normalized spacial score (nSPS) is 27.4. The number of hydrogen-bond donors (Lipinski definition) is 1. The highest BCUT2D eigenvalue weighted by Crippen LogP contribution is 2.39. The van der Waals surface area contributed by atoms with Crippen molar-refractivity contribution in [2.75, 3.05) is 6.54 Å². The summed E-state index contributed by atoms with van der Waals surface area (Å²) in [4.78, 5) is 0.740. The van der Waals surface area contributed by atoms with E-state index in [1.54, 1.807) is 6.07 Å². The van der Waals surface area contributed by atoms with Crippen LogP contribution >= 0.6 is 11.3 Å². The Hall–Kier alpha value is -0.480. The van der Waals surface area contributed by atoms with Gasteiger partial charge >= 0.3 is 0 Å². The summed E-state index contributed by atoms with van der Waals surface area (Å²) in [5.41, 5.74) is 0. The van der Waals surface area contributed by atoms with Crippen molar-refractivity contribution < 1.29 is 8.78 Å². The van der Waals surface area contributed by atoms with Gasteiger partial charge in [-0.1, -0.05) is 6.07 Å². The zero-order valence-corrected chi connectivity index (χ0v) is 7.91. The second-order valence-electron chi connectivity index (χ2n) is 3.27. The summed E-state index contributed by atoms with van der Waals surface area (Å²) in [6, 6.07) is 2.81. The molecule has 1 aliphatic heterocycles. The van der Waals surface area contributed by atoms with Gasteiger partial charge in [-0.15, -0.1) is 11.3 Å². The number of nitrogens with one attached hydrogen (secondary N) is 1. The molecule has 0 aliphatic carbocycles.